The standard InChI is InChI=1S/C11H12ClN3O/c12-11-9(14-5-10(13)15-11)2-1-7-3-8(4-7)6-16/h5,7-8,16H,3-4,6H2,(H2,13,15). The van der Waals surface area contributed by atoms with Crippen molar-refractivity contribution in [2.75, 3.05) is 12.3 Å². The second-order valence-electron chi connectivity index (χ2n) is 3.92. The molecule has 3 N–H and O–H groups in total. The fourth-order valence-electron chi connectivity index (χ4n) is 1.64. The lowest BCUT2D eigenvalue weighted by atomic mass is 9.76. The van der Waals surface area contributed by atoms with Crippen LogP contribution < -0.4 is 5.73 Å². The highest BCUT2D eigenvalue weighted by atomic mass is 35.5. The van der Waals surface area contributed by atoms with E-state index in [1.54, 1.807) is 0 Å². The molecule has 1 aromatic heterocycles. The number of nitrogen functional groups attached to an aromatic ring is 1. The normalized spacial score (nSPS) is 23.1. The topological polar surface area (TPSA) is 72.0 Å². The molecule has 4 nitrogen and oxygen atoms in total. The van der Waals surface area contributed by atoms with Gasteiger partial charge in [-0.15, -0.1) is 0 Å². The van der Waals surface area contributed by atoms with Crippen LogP contribution in [0.4, 0.5) is 5.82 Å². The Hall–Kier alpha value is -1.31. The molecule has 1 aliphatic carbocycles. The van der Waals surface area contributed by atoms with Crippen molar-refractivity contribution in [1.29, 1.82) is 0 Å². The van der Waals surface area contributed by atoms with Crippen LogP contribution in [0.15, 0.2) is 6.20 Å². The molecule has 0 radical (unpaired) electrons. The summed E-state index contributed by atoms with van der Waals surface area (Å²) in [5.41, 5.74) is 5.88. The van der Waals surface area contributed by atoms with Gasteiger partial charge in [-0.25, -0.2) is 9.97 Å². The van der Waals surface area contributed by atoms with E-state index in [4.69, 9.17) is 22.4 Å². The number of halogens is 1. The lowest BCUT2D eigenvalue weighted by Gasteiger charge is -2.29. The molecular weight excluding hydrogens is 226 g/mol. The summed E-state index contributed by atoms with van der Waals surface area (Å²) in [7, 11) is 0. The first kappa shape index (κ1) is 11.2. The highest BCUT2D eigenvalue weighted by molar-refractivity contribution is 6.30. The van der Waals surface area contributed by atoms with Crippen LogP contribution in [0.3, 0.4) is 0 Å². The monoisotopic (exact) mass is 237 g/mol. The highest BCUT2D eigenvalue weighted by Gasteiger charge is 2.26. The second kappa shape index (κ2) is 4.69. The number of hydrogen-bond acceptors (Lipinski definition) is 4. The number of rotatable bonds is 1. The van der Waals surface area contributed by atoms with Crippen LogP contribution in [0.25, 0.3) is 0 Å². The third kappa shape index (κ3) is 2.43. The molecule has 16 heavy (non-hydrogen) atoms. The van der Waals surface area contributed by atoms with E-state index in [-0.39, 0.29) is 11.8 Å². The molecule has 0 atom stereocenters. The molecule has 0 aliphatic heterocycles. The van der Waals surface area contributed by atoms with E-state index in [2.05, 4.69) is 21.8 Å². The lowest BCUT2D eigenvalue weighted by Crippen LogP contribution is -2.25. The Balaban J connectivity index is 2.02. The molecule has 1 aliphatic rings. The molecule has 84 valence electrons. The zero-order chi connectivity index (χ0) is 11.5. The SMILES string of the molecule is Nc1cnc(C#CC2CC(CO)C2)c(Cl)n1. The van der Waals surface area contributed by atoms with Gasteiger partial charge < -0.3 is 10.8 Å². The van der Waals surface area contributed by atoms with Gasteiger partial charge in [0.25, 0.3) is 0 Å². The summed E-state index contributed by atoms with van der Waals surface area (Å²) >= 11 is 5.83. The van der Waals surface area contributed by atoms with Crippen molar-refractivity contribution < 1.29 is 5.11 Å². The van der Waals surface area contributed by atoms with Crippen molar-refractivity contribution in [2.24, 2.45) is 11.8 Å². The van der Waals surface area contributed by atoms with Crippen LogP contribution in [-0.4, -0.2) is 21.7 Å². The smallest absolute Gasteiger partial charge is 0.165 e. The minimum absolute atomic E-state index is 0.241. The van der Waals surface area contributed by atoms with E-state index in [0.29, 0.717) is 23.3 Å². The zero-order valence-electron chi connectivity index (χ0n) is 8.65. The first-order valence-corrected chi connectivity index (χ1v) is 5.47. The summed E-state index contributed by atoms with van der Waals surface area (Å²) in [6.07, 6.45) is 3.33. The molecule has 1 fully saturated rings. The van der Waals surface area contributed by atoms with Gasteiger partial charge in [0.05, 0.1) is 6.20 Å². The Kier molecular flexibility index (Phi) is 3.28. The van der Waals surface area contributed by atoms with Crippen molar-refractivity contribution >= 4 is 17.4 Å². The van der Waals surface area contributed by atoms with Crippen LogP contribution >= 0.6 is 11.6 Å². The predicted octanol–water partition coefficient (Wildman–Crippen LogP) is 1.08. The third-order valence-corrected chi connectivity index (χ3v) is 2.90. The summed E-state index contributed by atoms with van der Waals surface area (Å²) in [6.45, 7) is 0.251. The molecule has 1 saturated carbocycles. The average Bonchev–Trinajstić information content (AvgIpc) is 2.18. The fraction of sp³-hybridized carbons (Fsp3) is 0.455. The Bertz CT molecular complexity index is 446. The number of aliphatic hydroxyl groups is 1. The molecule has 2 rings (SSSR count). The van der Waals surface area contributed by atoms with Crippen LogP contribution in [0.1, 0.15) is 18.5 Å². The first-order valence-electron chi connectivity index (χ1n) is 5.09. The van der Waals surface area contributed by atoms with Crippen LogP contribution in [-0.2, 0) is 0 Å². The van der Waals surface area contributed by atoms with E-state index in [1.165, 1.54) is 6.20 Å². The van der Waals surface area contributed by atoms with Crippen molar-refractivity contribution in [3.63, 3.8) is 0 Å². The maximum absolute atomic E-state index is 8.86. The maximum atomic E-state index is 8.86. The molecule has 1 heterocycles. The fourth-order valence-corrected chi connectivity index (χ4v) is 1.83. The molecule has 1 aromatic rings. The summed E-state index contributed by atoms with van der Waals surface area (Å²) in [4.78, 5) is 7.87. The van der Waals surface area contributed by atoms with Crippen molar-refractivity contribution in [3.05, 3.63) is 17.0 Å². The highest BCUT2D eigenvalue weighted by Crippen LogP contribution is 2.32. The number of hydrogen-bond donors (Lipinski definition) is 2. The lowest BCUT2D eigenvalue weighted by molar-refractivity contribution is 0.134. The van der Waals surface area contributed by atoms with Crippen molar-refractivity contribution in [2.45, 2.75) is 12.8 Å². The van der Waals surface area contributed by atoms with Crippen LogP contribution in [0.2, 0.25) is 5.15 Å². The zero-order valence-corrected chi connectivity index (χ0v) is 9.41. The number of aliphatic hydroxyl groups excluding tert-OH is 1. The molecule has 0 aromatic carbocycles. The first-order chi connectivity index (χ1) is 7.69. The van der Waals surface area contributed by atoms with Gasteiger partial charge in [-0.05, 0) is 24.7 Å². The minimum Gasteiger partial charge on any atom is -0.396 e. The van der Waals surface area contributed by atoms with Crippen molar-refractivity contribution in [1.82, 2.24) is 9.97 Å². The molecule has 0 saturated heterocycles. The van der Waals surface area contributed by atoms with Gasteiger partial charge in [-0.3, -0.25) is 0 Å². The summed E-state index contributed by atoms with van der Waals surface area (Å²) in [5, 5.41) is 9.10. The van der Waals surface area contributed by atoms with E-state index < -0.39 is 0 Å². The molecule has 0 unspecified atom stereocenters. The summed E-state index contributed by atoms with van der Waals surface area (Å²) < 4.78 is 0. The van der Waals surface area contributed by atoms with Gasteiger partial charge in [0.15, 0.2) is 10.8 Å². The van der Waals surface area contributed by atoms with Crippen LogP contribution in [0.5, 0.6) is 0 Å². The predicted molar refractivity (Wildman–Crippen MR) is 61.6 cm³/mol. The molecule has 0 amide bonds. The van der Waals surface area contributed by atoms with Gasteiger partial charge >= 0.3 is 0 Å². The van der Waals surface area contributed by atoms with E-state index in [0.717, 1.165) is 12.8 Å². The van der Waals surface area contributed by atoms with Gasteiger partial charge in [0.2, 0.25) is 0 Å². The Labute approximate surface area is 98.9 Å². The molecule has 5 heteroatoms. The van der Waals surface area contributed by atoms with Gasteiger partial charge in [-0.1, -0.05) is 17.5 Å². The van der Waals surface area contributed by atoms with Gasteiger partial charge in [0.1, 0.15) is 5.82 Å². The molecular formula is C11H12ClN3O. The van der Waals surface area contributed by atoms with Gasteiger partial charge in [0, 0.05) is 12.5 Å². The quantitative estimate of drug-likeness (QED) is 0.717. The second-order valence-corrected chi connectivity index (χ2v) is 4.28. The maximum Gasteiger partial charge on any atom is 0.165 e. The molecule has 0 bridgehead atoms. The largest absolute Gasteiger partial charge is 0.396 e. The summed E-state index contributed by atoms with van der Waals surface area (Å²) in [6, 6.07) is 0. The minimum atomic E-state index is 0.241. The number of anilines is 1. The van der Waals surface area contributed by atoms with Crippen molar-refractivity contribution in [3.8, 4) is 11.8 Å². The van der Waals surface area contributed by atoms with Gasteiger partial charge in [-0.2, -0.15) is 0 Å². The molecule has 0 spiro atoms. The summed E-state index contributed by atoms with van der Waals surface area (Å²) in [5.74, 6) is 7.01. The van der Waals surface area contributed by atoms with E-state index in [9.17, 15) is 0 Å². The Morgan fingerprint density at radius 3 is 2.94 bits per heavy atom. The average molecular weight is 238 g/mol. The van der Waals surface area contributed by atoms with E-state index in [1.807, 2.05) is 0 Å². The van der Waals surface area contributed by atoms with E-state index >= 15 is 0 Å². The Morgan fingerprint density at radius 1 is 1.56 bits per heavy atom. The number of nitrogens with two attached hydrogens (primary N) is 1. The van der Waals surface area contributed by atoms with Crippen LogP contribution in [0, 0.1) is 23.7 Å². The Morgan fingerprint density at radius 2 is 2.31 bits per heavy atom. The number of aromatic nitrogens is 2. The number of nitrogens with zero attached hydrogens (tertiary/aromatic N) is 2. The third-order valence-electron chi connectivity index (χ3n) is 2.64.